The summed E-state index contributed by atoms with van der Waals surface area (Å²) in [7, 11) is -4.24. The van der Waals surface area contributed by atoms with Gasteiger partial charge < -0.3 is 10.1 Å². The average molecular weight is 382 g/mol. The number of nitrogens with zero attached hydrogens (tertiary/aromatic N) is 2. The molecule has 1 aromatic heterocycles. The fraction of sp³-hybridized carbons (Fsp3) is 0.375. The van der Waals surface area contributed by atoms with Crippen molar-refractivity contribution in [3.8, 4) is 17.0 Å². The van der Waals surface area contributed by atoms with Crippen LogP contribution >= 0.6 is 0 Å². The van der Waals surface area contributed by atoms with Crippen LogP contribution in [0.25, 0.3) is 11.3 Å². The van der Waals surface area contributed by atoms with Crippen LogP contribution in [-0.4, -0.2) is 35.9 Å². The van der Waals surface area contributed by atoms with Crippen LogP contribution in [0.4, 0.5) is 10.1 Å². The highest BCUT2D eigenvalue weighted by molar-refractivity contribution is 7.92. The first kappa shape index (κ1) is 18.2. The molecule has 3 rings (SSSR count). The van der Waals surface area contributed by atoms with Gasteiger partial charge in [0, 0.05) is 12.0 Å². The number of hydrogen-bond donors (Lipinski definition) is 3. The molecule has 1 aliphatic heterocycles. The molecule has 1 aromatic carbocycles. The largest absolute Gasteiger partial charge is 0.506 e. The maximum atomic E-state index is 15.0. The molecule has 8 nitrogen and oxygen atoms in total. The number of aromatic hydroxyl groups is 1. The Morgan fingerprint density at radius 2 is 2.12 bits per heavy atom. The molecule has 1 saturated heterocycles. The number of rotatable bonds is 5. The van der Waals surface area contributed by atoms with E-state index < -0.39 is 39.9 Å². The fourth-order valence-electron chi connectivity index (χ4n) is 2.70. The summed E-state index contributed by atoms with van der Waals surface area (Å²) in [6.45, 7) is 3.57. The summed E-state index contributed by atoms with van der Waals surface area (Å²) in [6, 6.07) is 2.51. The van der Waals surface area contributed by atoms with Crippen molar-refractivity contribution in [1.29, 1.82) is 0 Å². The molecule has 3 N–H and O–H groups in total. The molecule has 2 aromatic rings. The van der Waals surface area contributed by atoms with E-state index in [2.05, 4.69) is 23.8 Å². The zero-order chi connectivity index (χ0) is 19.1. The number of halogens is 1. The van der Waals surface area contributed by atoms with Crippen molar-refractivity contribution in [3.05, 3.63) is 30.0 Å². The monoisotopic (exact) mass is 382 g/mol. The molecule has 1 aliphatic rings. The number of carbonyl (C=O) groups excluding carboxylic acids is 1. The van der Waals surface area contributed by atoms with Crippen molar-refractivity contribution in [2.45, 2.75) is 26.7 Å². The number of anilines is 1. The van der Waals surface area contributed by atoms with Gasteiger partial charge in [0.1, 0.15) is 23.8 Å². The van der Waals surface area contributed by atoms with Crippen molar-refractivity contribution >= 4 is 21.8 Å². The number of imidazole rings is 1. The summed E-state index contributed by atoms with van der Waals surface area (Å²) >= 11 is 0. The lowest BCUT2D eigenvalue weighted by molar-refractivity contribution is -0.117. The topological polar surface area (TPSA) is 115 Å². The molecule has 0 bridgehead atoms. The summed E-state index contributed by atoms with van der Waals surface area (Å²) < 4.78 is 41.2. The lowest BCUT2D eigenvalue weighted by atomic mass is 10.1. The number of hydrogen-bond acceptors (Lipinski definition) is 5. The first-order valence-corrected chi connectivity index (χ1v) is 9.52. The Hall–Kier alpha value is -2.62. The van der Waals surface area contributed by atoms with Gasteiger partial charge in [-0.2, -0.15) is 8.42 Å². The van der Waals surface area contributed by atoms with Gasteiger partial charge in [-0.15, -0.1) is 0 Å². The molecule has 0 spiro atoms. The summed E-state index contributed by atoms with van der Waals surface area (Å²) in [5.41, 5.74) is -0.159. The van der Waals surface area contributed by atoms with E-state index in [1.54, 1.807) is 4.72 Å². The van der Waals surface area contributed by atoms with E-state index in [9.17, 15) is 18.3 Å². The molecule has 1 amide bonds. The van der Waals surface area contributed by atoms with Gasteiger partial charge in [0.05, 0.1) is 11.9 Å². The Morgan fingerprint density at radius 3 is 2.73 bits per heavy atom. The van der Waals surface area contributed by atoms with Gasteiger partial charge in [0.25, 0.3) is 5.91 Å². The van der Waals surface area contributed by atoms with E-state index >= 15 is 4.39 Å². The number of benzene rings is 1. The van der Waals surface area contributed by atoms with Gasteiger partial charge in [-0.3, -0.25) is 4.79 Å². The summed E-state index contributed by atoms with van der Waals surface area (Å²) in [5.74, 6) is -1.15. The van der Waals surface area contributed by atoms with Crippen LogP contribution in [0.2, 0.25) is 0 Å². The number of nitrogens with one attached hydrogen (secondary N) is 2. The molecule has 0 saturated carbocycles. The van der Waals surface area contributed by atoms with Gasteiger partial charge in [0.2, 0.25) is 0 Å². The minimum atomic E-state index is -4.24. The number of H-pyrrole nitrogens is 1. The number of phenols is 1. The molecular weight excluding hydrogens is 363 g/mol. The molecule has 10 heteroatoms. The van der Waals surface area contributed by atoms with Gasteiger partial charge in [-0.25, -0.2) is 18.4 Å². The van der Waals surface area contributed by atoms with E-state index in [-0.39, 0.29) is 5.56 Å². The molecule has 2 heterocycles. The van der Waals surface area contributed by atoms with E-state index in [4.69, 9.17) is 0 Å². The Bertz CT molecular complexity index is 955. The fourth-order valence-corrected chi connectivity index (χ4v) is 3.86. The standard InChI is InChI=1S/C16H19FN4O4S/c1-9(2)3-6-13-18-7-11(19-13)10-4-5-12(22)16(15(10)17)21-8-14(23)20-26(21,24)25/h4-5,7,9,22H,3,6,8H2,1-2H3,(H,18,19)(H,20,23). The van der Waals surface area contributed by atoms with Crippen LogP contribution in [0.5, 0.6) is 5.75 Å². The maximum absolute atomic E-state index is 15.0. The van der Waals surface area contributed by atoms with Gasteiger partial charge >= 0.3 is 10.2 Å². The first-order chi connectivity index (χ1) is 12.2. The lowest BCUT2D eigenvalue weighted by Gasteiger charge is -2.18. The van der Waals surface area contributed by atoms with Crippen LogP contribution in [0.3, 0.4) is 0 Å². The van der Waals surface area contributed by atoms with Gasteiger partial charge in [-0.05, 0) is 24.5 Å². The Balaban J connectivity index is 2.00. The Morgan fingerprint density at radius 1 is 1.38 bits per heavy atom. The first-order valence-electron chi connectivity index (χ1n) is 8.08. The molecule has 0 radical (unpaired) electrons. The molecule has 0 aliphatic carbocycles. The summed E-state index contributed by atoms with van der Waals surface area (Å²) in [5, 5.41) is 9.98. The molecule has 0 unspecified atom stereocenters. The quantitative estimate of drug-likeness (QED) is 0.728. The van der Waals surface area contributed by atoms with Crippen molar-refractivity contribution < 1.29 is 22.7 Å². The highest BCUT2D eigenvalue weighted by Gasteiger charge is 2.38. The average Bonchev–Trinajstić information content (AvgIpc) is 3.09. The number of phenolic OH excluding ortho intramolecular Hbond substituents is 1. The SMILES string of the molecule is CC(C)CCc1ncc(-c2ccc(O)c(N3CC(=O)NS3(=O)=O)c2F)[nH]1. The normalized spacial score (nSPS) is 16.3. The number of aromatic nitrogens is 2. The summed E-state index contributed by atoms with van der Waals surface area (Å²) in [6.07, 6.45) is 3.07. The number of carbonyl (C=O) groups is 1. The Labute approximate surface area is 150 Å². The predicted molar refractivity (Wildman–Crippen MR) is 93.2 cm³/mol. The molecule has 1 fully saturated rings. The zero-order valence-corrected chi connectivity index (χ0v) is 15.1. The van der Waals surface area contributed by atoms with Crippen LogP contribution in [0.15, 0.2) is 18.3 Å². The zero-order valence-electron chi connectivity index (χ0n) is 14.3. The number of aromatic amines is 1. The number of aryl methyl sites for hydroxylation is 1. The van der Waals surface area contributed by atoms with Crippen LogP contribution < -0.4 is 9.03 Å². The minimum absolute atomic E-state index is 0.0515. The smallest absolute Gasteiger partial charge is 0.326 e. The van der Waals surface area contributed by atoms with Crippen molar-refractivity contribution in [3.63, 3.8) is 0 Å². The second kappa shape index (κ2) is 6.60. The van der Waals surface area contributed by atoms with E-state index in [0.717, 1.165) is 6.42 Å². The Kier molecular flexibility index (Phi) is 4.61. The number of amides is 1. The van der Waals surface area contributed by atoms with E-state index in [0.29, 0.717) is 28.2 Å². The van der Waals surface area contributed by atoms with E-state index in [1.165, 1.54) is 18.3 Å². The molecular formula is C16H19FN4O4S. The maximum Gasteiger partial charge on any atom is 0.326 e. The second-order valence-corrected chi connectivity index (χ2v) is 8.10. The van der Waals surface area contributed by atoms with Gasteiger partial charge in [0.15, 0.2) is 5.82 Å². The van der Waals surface area contributed by atoms with E-state index in [1.807, 2.05) is 0 Å². The highest BCUT2D eigenvalue weighted by atomic mass is 32.2. The molecule has 0 atom stereocenters. The third-order valence-corrected chi connectivity index (χ3v) is 5.42. The third-order valence-electron chi connectivity index (χ3n) is 4.04. The molecule has 140 valence electrons. The van der Waals surface area contributed by atoms with Crippen LogP contribution in [0.1, 0.15) is 26.1 Å². The highest BCUT2D eigenvalue weighted by Crippen LogP contribution is 2.38. The molecule has 26 heavy (non-hydrogen) atoms. The summed E-state index contributed by atoms with van der Waals surface area (Å²) in [4.78, 5) is 18.6. The second-order valence-electron chi connectivity index (χ2n) is 6.51. The van der Waals surface area contributed by atoms with Crippen LogP contribution in [-0.2, 0) is 21.4 Å². The van der Waals surface area contributed by atoms with Crippen molar-refractivity contribution in [2.24, 2.45) is 5.92 Å². The van der Waals surface area contributed by atoms with Crippen molar-refractivity contribution in [1.82, 2.24) is 14.7 Å². The van der Waals surface area contributed by atoms with Crippen LogP contribution in [0, 0.1) is 11.7 Å². The minimum Gasteiger partial charge on any atom is -0.506 e. The third kappa shape index (κ3) is 3.36. The van der Waals surface area contributed by atoms with Crippen molar-refractivity contribution in [2.75, 3.05) is 10.8 Å². The van der Waals surface area contributed by atoms with Gasteiger partial charge in [-0.1, -0.05) is 13.8 Å². The lowest BCUT2D eigenvalue weighted by Crippen LogP contribution is -2.30. The predicted octanol–water partition coefficient (Wildman–Crippen LogP) is 1.69.